The smallest absolute Gasteiger partial charge is 0.257 e. The molecule has 1 N–H and O–H groups in total. The molecule has 1 amide bonds. The first kappa shape index (κ1) is 17.1. The zero-order chi connectivity index (χ0) is 18.6. The third-order valence-electron chi connectivity index (χ3n) is 4.13. The second-order valence-corrected chi connectivity index (χ2v) is 6.30. The van der Waals surface area contributed by atoms with Gasteiger partial charge in [-0.1, -0.05) is 65.3 Å². The van der Waals surface area contributed by atoms with Crippen LogP contribution in [0.2, 0.25) is 5.02 Å². The van der Waals surface area contributed by atoms with Gasteiger partial charge in [0.25, 0.3) is 5.91 Å². The van der Waals surface area contributed by atoms with Crippen molar-refractivity contribution in [2.24, 2.45) is 0 Å². The average molecular weight is 379 g/mol. The number of nitrogens with zero attached hydrogens (tertiary/aromatic N) is 1. The number of amides is 1. The fourth-order valence-corrected chi connectivity index (χ4v) is 3.02. The first-order valence-corrected chi connectivity index (χ1v) is 8.71. The van der Waals surface area contributed by atoms with Gasteiger partial charge in [0.2, 0.25) is 0 Å². The minimum atomic E-state index is -0.300. The molecule has 5 nitrogen and oxygen atoms in total. The summed E-state index contributed by atoms with van der Waals surface area (Å²) in [6.07, 6.45) is 3.02. The lowest BCUT2D eigenvalue weighted by Gasteiger charge is -2.07. The third kappa shape index (κ3) is 3.50. The van der Waals surface area contributed by atoms with Gasteiger partial charge in [0.1, 0.15) is 17.5 Å². The van der Waals surface area contributed by atoms with Gasteiger partial charge in [-0.05, 0) is 17.7 Å². The molecule has 4 rings (SSSR count). The summed E-state index contributed by atoms with van der Waals surface area (Å²) >= 11 is 6.31. The lowest BCUT2D eigenvalue weighted by molar-refractivity contribution is 0.0951. The van der Waals surface area contributed by atoms with Crippen molar-refractivity contribution in [3.63, 3.8) is 0 Å². The molecule has 6 heteroatoms. The summed E-state index contributed by atoms with van der Waals surface area (Å²) in [4.78, 5) is 13.0. The van der Waals surface area contributed by atoms with Crippen molar-refractivity contribution < 1.29 is 13.7 Å². The molecule has 0 unspecified atom stereocenters. The highest BCUT2D eigenvalue weighted by Gasteiger charge is 2.26. The molecule has 0 aliphatic heterocycles. The van der Waals surface area contributed by atoms with E-state index in [1.165, 1.54) is 12.5 Å². The number of aromatic nitrogens is 1. The molecule has 2 heterocycles. The Labute approximate surface area is 160 Å². The molecule has 2 aromatic carbocycles. The highest BCUT2D eigenvalue weighted by Crippen LogP contribution is 2.35. The van der Waals surface area contributed by atoms with Crippen molar-refractivity contribution in [2.75, 3.05) is 0 Å². The largest absolute Gasteiger partial charge is 0.472 e. The van der Waals surface area contributed by atoms with Crippen LogP contribution in [-0.2, 0) is 6.54 Å². The Kier molecular flexibility index (Phi) is 4.77. The lowest BCUT2D eigenvalue weighted by atomic mass is 10.0. The topological polar surface area (TPSA) is 68.3 Å². The Morgan fingerprint density at radius 1 is 1.04 bits per heavy atom. The van der Waals surface area contributed by atoms with Crippen LogP contribution >= 0.6 is 11.6 Å². The van der Waals surface area contributed by atoms with Crippen LogP contribution in [0.25, 0.3) is 22.6 Å². The summed E-state index contributed by atoms with van der Waals surface area (Å²) in [5, 5.41) is 7.53. The first-order chi connectivity index (χ1) is 13.2. The zero-order valence-electron chi connectivity index (χ0n) is 14.2. The Morgan fingerprint density at radius 3 is 2.56 bits per heavy atom. The van der Waals surface area contributed by atoms with E-state index >= 15 is 0 Å². The maximum absolute atomic E-state index is 13.0. The van der Waals surface area contributed by atoms with Gasteiger partial charge in [0.15, 0.2) is 5.76 Å². The molecule has 0 aliphatic carbocycles. The van der Waals surface area contributed by atoms with E-state index in [1.54, 1.807) is 18.2 Å². The second kappa shape index (κ2) is 7.51. The SMILES string of the molecule is O=C(NCc1ccccc1)c1c(-c2ccccc2Cl)noc1-c1ccoc1. The van der Waals surface area contributed by atoms with Crippen molar-refractivity contribution in [1.29, 1.82) is 0 Å². The van der Waals surface area contributed by atoms with Crippen molar-refractivity contribution in [2.45, 2.75) is 6.54 Å². The summed E-state index contributed by atoms with van der Waals surface area (Å²) in [6.45, 7) is 0.387. The van der Waals surface area contributed by atoms with E-state index in [0.717, 1.165) is 5.56 Å². The molecule has 0 saturated heterocycles. The predicted molar refractivity (Wildman–Crippen MR) is 102 cm³/mol. The quantitative estimate of drug-likeness (QED) is 0.519. The Hall–Kier alpha value is -3.31. The van der Waals surface area contributed by atoms with Crippen LogP contribution in [0.1, 0.15) is 15.9 Å². The predicted octanol–water partition coefficient (Wildman–Crippen LogP) is 5.19. The van der Waals surface area contributed by atoms with Crippen molar-refractivity contribution in [1.82, 2.24) is 10.5 Å². The number of halogens is 1. The maximum atomic E-state index is 13.0. The van der Waals surface area contributed by atoms with E-state index in [9.17, 15) is 4.79 Å². The summed E-state index contributed by atoms with van der Waals surface area (Å²) in [6, 6.07) is 18.6. The molecular formula is C21H15ClN2O3. The summed E-state index contributed by atoms with van der Waals surface area (Å²) in [7, 11) is 0. The van der Waals surface area contributed by atoms with E-state index < -0.39 is 0 Å². The molecule has 0 saturated carbocycles. The number of carbonyl (C=O) groups is 1. The van der Waals surface area contributed by atoms with E-state index in [-0.39, 0.29) is 5.91 Å². The fourth-order valence-electron chi connectivity index (χ4n) is 2.80. The van der Waals surface area contributed by atoms with Crippen molar-refractivity contribution >= 4 is 17.5 Å². The number of hydrogen-bond acceptors (Lipinski definition) is 4. The monoisotopic (exact) mass is 378 g/mol. The Balaban J connectivity index is 1.73. The average Bonchev–Trinajstić information content (AvgIpc) is 3.37. The van der Waals surface area contributed by atoms with E-state index in [0.29, 0.717) is 39.7 Å². The lowest BCUT2D eigenvalue weighted by Crippen LogP contribution is -2.23. The van der Waals surface area contributed by atoms with Gasteiger partial charge >= 0.3 is 0 Å². The van der Waals surface area contributed by atoms with E-state index in [1.807, 2.05) is 42.5 Å². The van der Waals surface area contributed by atoms with Gasteiger partial charge in [-0.2, -0.15) is 0 Å². The number of nitrogens with one attached hydrogen (secondary N) is 1. The van der Waals surface area contributed by atoms with Crippen LogP contribution in [0.4, 0.5) is 0 Å². The van der Waals surface area contributed by atoms with Gasteiger partial charge in [0, 0.05) is 12.1 Å². The molecule has 0 spiro atoms. The van der Waals surface area contributed by atoms with Gasteiger partial charge in [-0.25, -0.2) is 0 Å². The van der Waals surface area contributed by atoms with E-state index in [4.69, 9.17) is 20.5 Å². The van der Waals surface area contributed by atoms with Crippen LogP contribution in [-0.4, -0.2) is 11.1 Å². The Morgan fingerprint density at radius 2 is 1.81 bits per heavy atom. The normalized spacial score (nSPS) is 10.7. The van der Waals surface area contributed by atoms with Crippen LogP contribution in [0.15, 0.2) is 82.1 Å². The number of hydrogen-bond donors (Lipinski definition) is 1. The second-order valence-electron chi connectivity index (χ2n) is 5.90. The summed E-state index contributed by atoms with van der Waals surface area (Å²) in [5.41, 5.74) is 2.96. The van der Waals surface area contributed by atoms with Crippen molar-refractivity contribution in [3.8, 4) is 22.6 Å². The van der Waals surface area contributed by atoms with Crippen molar-refractivity contribution in [3.05, 3.63) is 89.3 Å². The number of benzene rings is 2. The highest BCUT2D eigenvalue weighted by atomic mass is 35.5. The molecule has 4 aromatic rings. The maximum Gasteiger partial charge on any atom is 0.257 e. The van der Waals surface area contributed by atoms with Gasteiger partial charge < -0.3 is 14.3 Å². The van der Waals surface area contributed by atoms with Crippen LogP contribution in [0.5, 0.6) is 0 Å². The minimum Gasteiger partial charge on any atom is -0.472 e. The number of carbonyl (C=O) groups excluding carboxylic acids is 1. The summed E-state index contributed by atoms with van der Waals surface area (Å²) < 4.78 is 10.6. The molecule has 0 atom stereocenters. The van der Waals surface area contributed by atoms with Gasteiger partial charge in [0.05, 0.1) is 16.8 Å². The van der Waals surface area contributed by atoms with Gasteiger partial charge in [-0.15, -0.1) is 0 Å². The molecule has 0 radical (unpaired) electrons. The molecule has 0 fully saturated rings. The summed E-state index contributed by atoms with van der Waals surface area (Å²) in [5.74, 6) is 0.0375. The minimum absolute atomic E-state index is 0.300. The molecule has 0 bridgehead atoms. The number of rotatable bonds is 5. The molecule has 134 valence electrons. The van der Waals surface area contributed by atoms with Crippen LogP contribution in [0.3, 0.4) is 0 Å². The Bertz CT molecular complexity index is 1060. The van der Waals surface area contributed by atoms with Crippen LogP contribution in [0, 0.1) is 0 Å². The molecule has 0 aliphatic rings. The fraction of sp³-hybridized carbons (Fsp3) is 0.0476. The van der Waals surface area contributed by atoms with E-state index in [2.05, 4.69) is 10.5 Å². The third-order valence-corrected chi connectivity index (χ3v) is 4.46. The first-order valence-electron chi connectivity index (χ1n) is 8.33. The van der Waals surface area contributed by atoms with Gasteiger partial charge in [-0.3, -0.25) is 4.79 Å². The van der Waals surface area contributed by atoms with Crippen LogP contribution < -0.4 is 5.32 Å². The number of furan rings is 1. The molecule has 27 heavy (non-hydrogen) atoms. The molecule has 2 aromatic heterocycles. The standard InChI is InChI=1S/C21H15ClN2O3/c22-17-9-5-4-8-16(17)19-18(20(27-24-19)15-10-11-26-13-15)21(25)23-12-14-6-2-1-3-7-14/h1-11,13H,12H2,(H,23,25). The highest BCUT2D eigenvalue weighted by molar-refractivity contribution is 6.33. The zero-order valence-corrected chi connectivity index (χ0v) is 14.9. The molecular weight excluding hydrogens is 364 g/mol.